The molecule has 0 atom stereocenters. The Hall–Kier alpha value is -2.10. The number of nitrogens with zero attached hydrogens (tertiary/aromatic N) is 2. The van der Waals surface area contributed by atoms with E-state index < -0.39 is 0 Å². The van der Waals surface area contributed by atoms with Gasteiger partial charge in [-0.15, -0.1) is 0 Å². The number of hydrogen-bond acceptors (Lipinski definition) is 3. The average molecular weight is 230 g/mol. The topological polar surface area (TPSA) is 44.1 Å². The third-order valence-corrected chi connectivity index (χ3v) is 2.53. The van der Waals surface area contributed by atoms with Gasteiger partial charge in [0.25, 0.3) is 0 Å². The van der Waals surface area contributed by atoms with Crippen molar-refractivity contribution in [3.63, 3.8) is 0 Å². The van der Waals surface area contributed by atoms with Crippen molar-refractivity contribution in [1.82, 2.24) is 9.55 Å². The molecule has 4 heteroatoms. The van der Waals surface area contributed by atoms with Crippen LogP contribution < -0.4 is 10.4 Å². The van der Waals surface area contributed by atoms with Gasteiger partial charge < -0.3 is 4.74 Å². The summed E-state index contributed by atoms with van der Waals surface area (Å²) >= 11 is 0. The van der Waals surface area contributed by atoms with E-state index in [1.807, 2.05) is 30.3 Å². The minimum Gasteiger partial charge on any atom is -0.497 e. The molecule has 0 aliphatic carbocycles. The van der Waals surface area contributed by atoms with Crippen molar-refractivity contribution in [3.8, 4) is 5.75 Å². The first-order chi connectivity index (χ1) is 8.19. The van der Waals surface area contributed by atoms with Gasteiger partial charge in [0.2, 0.25) is 0 Å². The van der Waals surface area contributed by atoms with E-state index in [-0.39, 0.29) is 5.69 Å². The summed E-state index contributed by atoms with van der Waals surface area (Å²) in [6.07, 6.45) is 1.76. The van der Waals surface area contributed by atoms with Crippen LogP contribution in [-0.4, -0.2) is 16.7 Å². The number of aromatic nitrogens is 2. The van der Waals surface area contributed by atoms with Gasteiger partial charge in [-0.05, 0) is 30.7 Å². The van der Waals surface area contributed by atoms with Crippen LogP contribution in [0, 0.1) is 6.92 Å². The summed E-state index contributed by atoms with van der Waals surface area (Å²) in [6, 6.07) is 9.45. The molecule has 0 bridgehead atoms. The first-order valence-corrected chi connectivity index (χ1v) is 5.36. The van der Waals surface area contributed by atoms with Gasteiger partial charge in [0.05, 0.1) is 13.7 Å². The Balaban J connectivity index is 2.22. The molecule has 0 spiro atoms. The van der Waals surface area contributed by atoms with E-state index in [2.05, 4.69) is 4.98 Å². The highest BCUT2D eigenvalue weighted by atomic mass is 16.5. The van der Waals surface area contributed by atoms with Crippen LogP contribution in [-0.2, 0) is 6.54 Å². The van der Waals surface area contributed by atoms with Gasteiger partial charge in [0, 0.05) is 11.9 Å². The monoisotopic (exact) mass is 230 g/mol. The summed E-state index contributed by atoms with van der Waals surface area (Å²) in [7, 11) is 1.63. The highest BCUT2D eigenvalue weighted by Gasteiger charge is 1.99. The van der Waals surface area contributed by atoms with Crippen molar-refractivity contribution < 1.29 is 4.74 Å². The fourth-order valence-corrected chi connectivity index (χ4v) is 1.56. The van der Waals surface area contributed by atoms with Crippen LogP contribution in [0.15, 0.2) is 41.3 Å². The standard InChI is InChI=1S/C13H14N2O2/c1-10-7-8-15(13(16)14-10)9-11-3-5-12(17-2)6-4-11/h3-8H,9H2,1-2H3. The van der Waals surface area contributed by atoms with Crippen LogP contribution in [0.25, 0.3) is 0 Å². The Morgan fingerprint density at radius 3 is 2.53 bits per heavy atom. The molecule has 0 unspecified atom stereocenters. The van der Waals surface area contributed by atoms with E-state index >= 15 is 0 Å². The molecular weight excluding hydrogens is 216 g/mol. The van der Waals surface area contributed by atoms with Crippen LogP contribution in [0.5, 0.6) is 5.75 Å². The summed E-state index contributed by atoms with van der Waals surface area (Å²) < 4.78 is 6.66. The summed E-state index contributed by atoms with van der Waals surface area (Å²) in [5.41, 5.74) is 1.56. The van der Waals surface area contributed by atoms with Gasteiger partial charge in [-0.1, -0.05) is 12.1 Å². The van der Waals surface area contributed by atoms with Gasteiger partial charge in [-0.3, -0.25) is 4.57 Å². The summed E-state index contributed by atoms with van der Waals surface area (Å²) in [6.45, 7) is 2.33. The van der Waals surface area contributed by atoms with Gasteiger partial charge in [0.1, 0.15) is 5.75 Å². The number of rotatable bonds is 3. The molecule has 0 saturated heterocycles. The molecule has 88 valence electrons. The molecule has 0 aliphatic rings. The zero-order valence-corrected chi connectivity index (χ0v) is 9.88. The first-order valence-electron chi connectivity index (χ1n) is 5.36. The predicted octanol–water partition coefficient (Wildman–Crippen LogP) is 1.61. The third kappa shape index (κ3) is 2.72. The average Bonchev–Trinajstić information content (AvgIpc) is 2.34. The lowest BCUT2D eigenvalue weighted by atomic mass is 10.2. The second-order valence-electron chi connectivity index (χ2n) is 3.83. The second kappa shape index (κ2) is 4.82. The fourth-order valence-electron chi connectivity index (χ4n) is 1.56. The SMILES string of the molecule is COc1ccc(Cn2ccc(C)nc2=O)cc1. The lowest BCUT2D eigenvalue weighted by Gasteiger charge is -2.06. The van der Waals surface area contributed by atoms with Crippen LogP contribution in [0.4, 0.5) is 0 Å². The largest absolute Gasteiger partial charge is 0.497 e. The molecule has 0 saturated carbocycles. The lowest BCUT2D eigenvalue weighted by molar-refractivity contribution is 0.414. The molecule has 2 aromatic rings. The van der Waals surface area contributed by atoms with Crippen LogP contribution in [0.1, 0.15) is 11.3 Å². The molecule has 1 aromatic heterocycles. The number of hydrogen-bond donors (Lipinski definition) is 0. The van der Waals surface area contributed by atoms with Crippen molar-refractivity contribution in [1.29, 1.82) is 0 Å². The smallest absolute Gasteiger partial charge is 0.348 e. The van der Waals surface area contributed by atoms with Crippen LogP contribution in [0.2, 0.25) is 0 Å². The lowest BCUT2D eigenvalue weighted by Crippen LogP contribution is -2.23. The Morgan fingerprint density at radius 1 is 1.24 bits per heavy atom. The van der Waals surface area contributed by atoms with Gasteiger partial charge in [0.15, 0.2) is 0 Å². The Labute approximate surface area is 99.5 Å². The molecule has 2 rings (SSSR count). The number of methoxy groups -OCH3 is 1. The molecule has 0 N–H and O–H groups in total. The first kappa shape index (κ1) is 11.4. The third-order valence-electron chi connectivity index (χ3n) is 2.53. The number of ether oxygens (including phenoxy) is 1. The molecule has 4 nitrogen and oxygen atoms in total. The van der Waals surface area contributed by atoms with E-state index in [0.29, 0.717) is 6.54 Å². The second-order valence-corrected chi connectivity index (χ2v) is 3.83. The molecule has 0 radical (unpaired) electrons. The van der Waals surface area contributed by atoms with Crippen LogP contribution >= 0.6 is 0 Å². The predicted molar refractivity (Wildman–Crippen MR) is 65.3 cm³/mol. The number of aryl methyl sites for hydroxylation is 1. The van der Waals surface area contributed by atoms with E-state index in [1.165, 1.54) is 0 Å². The molecule has 1 heterocycles. The molecule has 0 fully saturated rings. The zero-order valence-electron chi connectivity index (χ0n) is 9.88. The summed E-state index contributed by atoms with van der Waals surface area (Å²) in [5.74, 6) is 0.808. The molecule has 17 heavy (non-hydrogen) atoms. The van der Waals surface area contributed by atoms with Gasteiger partial charge in [-0.25, -0.2) is 4.79 Å². The Kier molecular flexibility index (Phi) is 3.23. The minimum absolute atomic E-state index is 0.221. The maximum absolute atomic E-state index is 11.6. The Bertz CT molecular complexity index is 558. The molecule has 1 aromatic carbocycles. The Morgan fingerprint density at radius 2 is 1.94 bits per heavy atom. The summed E-state index contributed by atoms with van der Waals surface area (Å²) in [4.78, 5) is 15.5. The molecule has 0 amide bonds. The van der Waals surface area contributed by atoms with Crippen molar-refractivity contribution in [3.05, 3.63) is 58.3 Å². The van der Waals surface area contributed by atoms with E-state index in [4.69, 9.17) is 4.74 Å². The fraction of sp³-hybridized carbons (Fsp3) is 0.231. The van der Waals surface area contributed by atoms with Crippen molar-refractivity contribution in [2.75, 3.05) is 7.11 Å². The van der Waals surface area contributed by atoms with Crippen molar-refractivity contribution in [2.24, 2.45) is 0 Å². The highest BCUT2D eigenvalue weighted by molar-refractivity contribution is 5.27. The van der Waals surface area contributed by atoms with Gasteiger partial charge in [-0.2, -0.15) is 4.98 Å². The number of benzene rings is 1. The molecule has 0 aliphatic heterocycles. The van der Waals surface area contributed by atoms with Gasteiger partial charge >= 0.3 is 5.69 Å². The van der Waals surface area contributed by atoms with E-state index in [0.717, 1.165) is 17.0 Å². The normalized spacial score (nSPS) is 10.2. The van der Waals surface area contributed by atoms with Crippen molar-refractivity contribution >= 4 is 0 Å². The zero-order chi connectivity index (χ0) is 12.3. The van der Waals surface area contributed by atoms with Crippen LogP contribution in [0.3, 0.4) is 0 Å². The van der Waals surface area contributed by atoms with E-state index in [9.17, 15) is 4.79 Å². The maximum atomic E-state index is 11.6. The maximum Gasteiger partial charge on any atom is 0.348 e. The highest BCUT2D eigenvalue weighted by Crippen LogP contribution is 2.11. The van der Waals surface area contributed by atoms with E-state index in [1.54, 1.807) is 24.8 Å². The van der Waals surface area contributed by atoms with Crippen molar-refractivity contribution in [2.45, 2.75) is 13.5 Å². The quantitative estimate of drug-likeness (QED) is 0.804. The minimum atomic E-state index is -0.221. The molecular formula is C13H14N2O2. The summed E-state index contributed by atoms with van der Waals surface area (Å²) in [5, 5.41) is 0.